The van der Waals surface area contributed by atoms with Crippen molar-refractivity contribution in [3.05, 3.63) is 59.7 Å². The van der Waals surface area contributed by atoms with Crippen LogP contribution in [0.2, 0.25) is 0 Å². The highest BCUT2D eigenvalue weighted by atomic mass is 16.5. The Labute approximate surface area is 128 Å². The van der Waals surface area contributed by atoms with Crippen molar-refractivity contribution in [3.8, 4) is 5.75 Å². The van der Waals surface area contributed by atoms with Crippen LogP contribution in [0.5, 0.6) is 5.75 Å². The van der Waals surface area contributed by atoms with Crippen molar-refractivity contribution < 1.29 is 4.74 Å². The van der Waals surface area contributed by atoms with Gasteiger partial charge in [0.25, 0.3) is 0 Å². The average Bonchev–Trinajstić information content (AvgIpc) is 2.55. The predicted molar refractivity (Wildman–Crippen MR) is 90.0 cm³/mol. The van der Waals surface area contributed by atoms with Gasteiger partial charge in [-0.3, -0.25) is 0 Å². The highest BCUT2D eigenvalue weighted by Gasteiger charge is 2.04. The number of hydrogen-bond acceptors (Lipinski definition) is 2. The van der Waals surface area contributed by atoms with Crippen molar-refractivity contribution in [1.29, 1.82) is 0 Å². The minimum Gasteiger partial charge on any atom is -0.497 e. The van der Waals surface area contributed by atoms with E-state index in [-0.39, 0.29) is 0 Å². The van der Waals surface area contributed by atoms with Crippen molar-refractivity contribution in [1.82, 2.24) is 0 Å². The zero-order chi connectivity index (χ0) is 14.9. The van der Waals surface area contributed by atoms with Crippen LogP contribution in [0.15, 0.2) is 48.5 Å². The van der Waals surface area contributed by atoms with Crippen LogP contribution in [0.1, 0.15) is 37.3 Å². The van der Waals surface area contributed by atoms with Crippen LogP contribution in [0.3, 0.4) is 0 Å². The quantitative estimate of drug-likeness (QED) is 0.685. The molecule has 0 aliphatic rings. The van der Waals surface area contributed by atoms with E-state index in [1.807, 2.05) is 6.07 Å². The van der Waals surface area contributed by atoms with E-state index in [1.54, 1.807) is 7.11 Å². The van der Waals surface area contributed by atoms with Gasteiger partial charge < -0.3 is 10.1 Å². The summed E-state index contributed by atoms with van der Waals surface area (Å²) in [4.78, 5) is 0. The van der Waals surface area contributed by atoms with E-state index in [0.29, 0.717) is 0 Å². The number of unbranched alkanes of at least 4 members (excludes halogenated alkanes) is 2. The smallest absolute Gasteiger partial charge is 0.120 e. The molecule has 0 fully saturated rings. The molecule has 1 N–H and O–H groups in total. The second-order valence-corrected chi connectivity index (χ2v) is 5.32. The lowest BCUT2D eigenvalue weighted by Gasteiger charge is -2.14. The number of anilines is 1. The van der Waals surface area contributed by atoms with Crippen LogP contribution in [0, 0.1) is 0 Å². The topological polar surface area (TPSA) is 21.3 Å². The van der Waals surface area contributed by atoms with Gasteiger partial charge in [-0.1, -0.05) is 56.2 Å². The van der Waals surface area contributed by atoms with E-state index in [9.17, 15) is 0 Å². The van der Waals surface area contributed by atoms with Gasteiger partial charge in [-0.2, -0.15) is 0 Å². The molecule has 0 radical (unpaired) electrons. The Hall–Kier alpha value is -1.96. The minimum atomic E-state index is 0.842. The molecule has 2 heteroatoms. The van der Waals surface area contributed by atoms with Gasteiger partial charge in [-0.05, 0) is 30.0 Å². The number of ether oxygens (including phenoxy) is 1. The molecule has 0 spiro atoms. The first-order valence-electron chi connectivity index (χ1n) is 7.78. The molecule has 0 amide bonds. The number of nitrogens with one attached hydrogen (secondary N) is 1. The largest absolute Gasteiger partial charge is 0.497 e. The molecule has 2 aromatic rings. The van der Waals surface area contributed by atoms with Crippen LogP contribution in [-0.4, -0.2) is 7.11 Å². The van der Waals surface area contributed by atoms with Crippen LogP contribution in [0.4, 0.5) is 5.69 Å². The Morgan fingerprint density at radius 3 is 2.52 bits per heavy atom. The molecule has 2 nitrogen and oxygen atoms in total. The summed E-state index contributed by atoms with van der Waals surface area (Å²) in [5.41, 5.74) is 3.86. The van der Waals surface area contributed by atoms with Gasteiger partial charge in [-0.25, -0.2) is 0 Å². The van der Waals surface area contributed by atoms with Gasteiger partial charge >= 0.3 is 0 Å². The van der Waals surface area contributed by atoms with E-state index < -0.39 is 0 Å². The maximum Gasteiger partial charge on any atom is 0.120 e. The molecule has 21 heavy (non-hydrogen) atoms. The first kappa shape index (κ1) is 15.4. The Bertz CT molecular complexity index is 537. The lowest BCUT2D eigenvalue weighted by molar-refractivity contribution is 0.415. The fraction of sp³-hybridized carbons (Fsp3) is 0.368. The van der Waals surface area contributed by atoms with Gasteiger partial charge in [0, 0.05) is 18.3 Å². The zero-order valence-electron chi connectivity index (χ0n) is 13.1. The van der Waals surface area contributed by atoms with Gasteiger partial charge in [0.05, 0.1) is 7.11 Å². The number of rotatable bonds is 8. The Morgan fingerprint density at radius 1 is 1.00 bits per heavy atom. The number of methoxy groups -OCH3 is 1. The Morgan fingerprint density at radius 2 is 1.81 bits per heavy atom. The molecule has 0 saturated heterocycles. The standard InChI is InChI=1S/C19H25NO/c1-3-4-6-11-17-12-13-18(21-2)14-19(17)20-15-16-9-7-5-8-10-16/h5,7-10,12-14,20H,3-4,6,11,15H2,1-2H3. The van der Waals surface area contributed by atoms with Gasteiger partial charge in [0.15, 0.2) is 0 Å². The Balaban J connectivity index is 2.07. The summed E-state index contributed by atoms with van der Waals surface area (Å²) >= 11 is 0. The average molecular weight is 283 g/mol. The maximum atomic E-state index is 5.35. The first-order chi connectivity index (χ1) is 10.3. The number of hydrogen-bond donors (Lipinski definition) is 1. The van der Waals surface area contributed by atoms with E-state index in [0.717, 1.165) is 18.7 Å². The summed E-state index contributed by atoms with van der Waals surface area (Å²) in [7, 11) is 1.72. The summed E-state index contributed by atoms with van der Waals surface area (Å²) in [5, 5.41) is 3.55. The van der Waals surface area contributed by atoms with Crippen molar-refractivity contribution in [3.63, 3.8) is 0 Å². The molecule has 0 aromatic heterocycles. The summed E-state index contributed by atoms with van der Waals surface area (Å²) in [5.74, 6) is 0.907. The maximum absolute atomic E-state index is 5.35. The first-order valence-corrected chi connectivity index (χ1v) is 7.78. The third-order valence-electron chi connectivity index (χ3n) is 3.69. The van der Waals surface area contributed by atoms with E-state index in [4.69, 9.17) is 4.74 Å². The van der Waals surface area contributed by atoms with Gasteiger partial charge in [-0.15, -0.1) is 0 Å². The van der Waals surface area contributed by atoms with Crippen molar-refractivity contribution in [2.24, 2.45) is 0 Å². The monoisotopic (exact) mass is 283 g/mol. The molecule has 112 valence electrons. The third kappa shape index (κ3) is 4.82. The second-order valence-electron chi connectivity index (χ2n) is 5.32. The molecule has 2 aromatic carbocycles. The summed E-state index contributed by atoms with van der Waals surface area (Å²) in [6.45, 7) is 3.08. The van der Waals surface area contributed by atoms with Crippen LogP contribution < -0.4 is 10.1 Å². The highest BCUT2D eigenvalue weighted by molar-refractivity contribution is 5.55. The van der Waals surface area contributed by atoms with E-state index >= 15 is 0 Å². The summed E-state index contributed by atoms with van der Waals surface area (Å²) in [6.07, 6.45) is 4.89. The van der Waals surface area contributed by atoms with Crippen LogP contribution >= 0.6 is 0 Å². The molecular formula is C19H25NO. The molecule has 0 aliphatic heterocycles. The fourth-order valence-electron chi connectivity index (χ4n) is 2.42. The summed E-state index contributed by atoms with van der Waals surface area (Å²) in [6, 6.07) is 16.8. The lowest BCUT2D eigenvalue weighted by atomic mass is 10.0. The van der Waals surface area contributed by atoms with Crippen molar-refractivity contribution >= 4 is 5.69 Å². The second kappa shape index (κ2) is 8.35. The normalized spacial score (nSPS) is 10.4. The van der Waals surface area contributed by atoms with Crippen LogP contribution in [-0.2, 0) is 13.0 Å². The molecular weight excluding hydrogens is 258 g/mol. The van der Waals surface area contributed by atoms with Crippen molar-refractivity contribution in [2.45, 2.75) is 39.2 Å². The number of benzene rings is 2. The number of aryl methyl sites for hydroxylation is 1. The van der Waals surface area contributed by atoms with Crippen molar-refractivity contribution in [2.75, 3.05) is 12.4 Å². The minimum absolute atomic E-state index is 0.842. The molecule has 0 unspecified atom stereocenters. The zero-order valence-corrected chi connectivity index (χ0v) is 13.1. The third-order valence-corrected chi connectivity index (χ3v) is 3.69. The fourth-order valence-corrected chi connectivity index (χ4v) is 2.42. The molecule has 0 heterocycles. The molecule has 0 bridgehead atoms. The van der Waals surface area contributed by atoms with Gasteiger partial charge in [0.2, 0.25) is 0 Å². The van der Waals surface area contributed by atoms with Crippen LogP contribution in [0.25, 0.3) is 0 Å². The molecule has 0 atom stereocenters. The molecule has 0 aliphatic carbocycles. The highest BCUT2D eigenvalue weighted by Crippen LogP contribution is 2.25. The van der Waals surface area contributed by atoms with E-state index in [2.05, 4.69) is 54.7 Å². The summed E-state index contributed by atoms with van der Waals surface area (Å²) < 4.78 is 5.35. The van der Waals surface area contributed by atoms with E-state index in [1.165, 1.54) is 36.1 Å². The Kier molecular flexibility index (Phi) is 6.14. The SMILES string of the molecule is CCCCCc1ccc(OC)cc1NCc1ccccc1. The lowest BCUT2D eigenvalue weighted by Crippen LogP contribution is -2.03. The molecule has 0 saturated carbocycles. The molecule has 2 rings (SSSR count). The van der Waals surface area contributed by atoms with Gasteiger partial charge in [0.1, 0.15) is 5.75 Å². The predicted octanol–water partition coefficient (Wildman–Crippen LogP) is 5.04.